The summed E-state index contributed by atoms with van der Waals surface area (Å²) >= 11 is 0. The Bertz CT molecular complexity index is 899. The van der Waals surface area contributed by atoms with Crippen LogP contribution in [-0.4, -0.2) is 60.3 Å². The van der Waals surface area contributed by atoms with Crippen LogP contribution in [0.5, 0.6) is 5.75 Å². The predicted octanol–water partition coefficient (Wildman–Crippen LogP) is 3.79. The molecule has 0 aliphatic carbocycles. The highest BCUT2D eigenvalue weighted by Crippen LogP contribution is 2.20. The van der Waals surface area contributed by atoms with Gasteiger partial charge in [-0.2, -0.15) is 0 Å². The fourth-order valence-electron chi connectivity index (χ4n) is 4.01. The van der Waals surface area contributed by atoms with Crippen molar-refractivity contribution >= 4 is 10.8 Å². The van der Waals surface area contributed by atoms with Crippen molar-refractivity contribution in [2.75, 3.05) is 39.3 Å². The smallest absolute Gasteiger partial charge is 0.120 e. The van der Waals surface area contributed by atoms with Crippen LogP contribution in [0.25, 0.3) is 10.8 Å². The van der Waals surface area contributed by atoms with Crippen LogP contribution < -0.4 is 4.74 Å². The number of ether oxygens (including phenoxy) is 1. The van der Waals surface area contributed by atoms with E-state index in [1.165, 1.54) is 10.9 Å². The maximum atomic E-state index is 10.5. The molecule has 1 N–H and O–H groups in total. The van der Waals surface area contributed by atoms with E-state index in [-0.39, 0.29) is 0 Å². The lowest BCUT2D eigenvalue weighted by atomic mass is 10.1. The van der Waals surface area contributed by atoms with E-state index in [0.717, 1.165) is 50.3 Å². The second-order valence-corrected chi connectivity index (χ2v) is 7.89. The van der Waals surface area contributed by atoms with E-state index >= 15 is 0 Å². The van der Waals surface area contributed by atoms with Crippen molar-refractivity contribution < 1.29 is 9.84 Å². The first-order valence-corrected chi connectivity index (χ1v) is 10.5. The van der Waals surface area contributed by atoms with Gasteiger partial charge in [-0.05, 0) is 48.0 Å². The minimum Gasteiger partial charge on any atom is -0.491 e. The maximum absolute atomic E-state index is 10.5. The number of hydrogen-bond donors (Lipinski definition) is 1. The molecule has 4 rings (SSSR count). The average molecular weight is 391 g/mol. The summed E-state index contributed by atoms with van der Waals surface area (Å²) in [5, 5.41) is 12.8. The van der Waals surface area contributed by atoms with Crippen molar-refractivity contribution in [1.29, 1.82) is 0 Å². The molecule has 1 fully saturated rings. The molecule has 0 spiro atoms. The quantitative estimate of drug-likeness (QED) is 0.666. The zero-order valence-electron chi connectivity index (χ0n) is 16.9. The van der Waals surface area contributed by atoms with Gasteiger partial charge in [0.15, 0.2) is 0 Å². The van der Waals surface area contributed by atoms with Gasteiger partial charge in [-0.15, -0.1) is 0 Å². The summed E-state index contributed by atoms with van der Waals surface area (Å²) in [4.78, 5) is 4.87. The van der Waals surface area contributed by atoms with E-state index in [1.54, 1.807) is 0 Å². The maximum Gasteiger partial charge on any atom is 0.120 e. The lowest BCUT2D eigenvalue weighted by Gasteiger charge is -2.24. The molecule has 1 atom stereocenters. The van der Waals surface area contributed by atoms with Crippen LogP contribution in [-0.2, 0) is 6.54 Å². The number of hydrogen-bond acceptors (Lipinski definition) is 4. The Hall–Kier alpha value is -2.40. The van der Waals surface area contributed by atoms with E-state index < -0.39 is 6.10 Å². The Labute approximate surface area is 173 Å². The number of rotatable bonds is 7. The molecule has 0 saturated carbocycles. The predicted molar refractivity (Wildman–Crippen MR) is 118 cm³/mol. The first-order chi connectivity index (χ1) is 14.3. The van der Waals surface area contributed by atoms with Crippen molar-refractivity contribution in [2.45, 2.75) is 19.1 Å². The third-order valence-corrected chi connectivity index (χ3v) is 5.56. The molecule has 0 radical (unpaired) electrons. The molecule has 3 aromatic carbocycles. The van der Waals surface area contributed by atoms with E-state index in [1.807, 2.05) is 24.3 Å². The zero-order chi connectivity index (χ0) is 19.9. The molecular weight excluding hydrogens is 360 g/mol. The number of benzene rings is 3. The second-order valence-electron chi connectivity index (χ2n) is 7.89. The van der Waals surface area contributed by atoms with Gasteiger partial charge in [0.25, 0.3) is 0 Å². The summed E-state index contributed by atoms with van der Waals surface area (Å²) < 4.78 is 5.86. The largest absolute Gasteiger partial charge is 0.491 e. The standard InChI is InChI=1S/C25H30N2O2/c28-24(20-29-25-12-11-22-9-4-5-10-23(22)17-25)19-27-14-6-13-26(15-16-27)18-21-7-2-1-3-8-21/h1-5,7-12,17,24,28H,6,13-16,18-20H2. The van der Waals surface area contributed by atoms with E-state index in [0.29, 0.717) is 13.2 Å². The summed E-state index contributed by atoms with van der Waals surface area (Å²) in [6, 6.07) is 25.0. The zero-order valence-corrected chi connectivity index (χ0v) is 16.9. The SMILES string of the molecule is OC(COc1ccc2ccccc2c1)CN1CCCN(Cc2ccccc2)CC1. The van der Waals surface area contributed by atoms with Gasteiger partial charge in [-0.25, -0.2) is 0 Å². The first kappa shape index (κ1) is 19.9. The molecule has 1 unspecified atom stereocenters. The van der Waals surface area contributed by atoms with Gasteiger partial charge in [0.2, 0.25) is 0 Å². The molecule has 0 amide bonds. The highest BCUT2D eigenvalue weighted by molar-refractivity contribution is 5.83. The molecule has 1 aliphatic rings. The Kier molecular flexibility index (Phi) is 6.78. The lowest BCUT2D eigenvalue weighted by Crippen LogP contribution is -2.38. The Balaban J connectivity index is 1.23. The molecule has 0 bridgehead atoms. The van der Waals surface area contributed by atoms with E-state index in [2.05, 4.69) is 58.3 Å². The van der Waals surface area contributed by atoms with Crippen LogP contribution in [0.4, 0.5) is 0 Å². The normalized spacial score (nSPS) is 17.1. The van der Waals surface area contributed by atoms with Gasteiger partial charge < -0.3 is 9.84 Å². The first-order valence-electron chi connectivity index (χ1n) is 10.5. The summed E-state index contributed by atoms with van der Waals surface area (Å²) in [5.41, 5.74) is 1.37. The molecule has 29 heavy (non-hydrogen) atoms. The van der Waals surface area contributed by atoms with Crippen molar-refractivity contribution in [3.8, 4) is 5.75 Å². The fourth-order valence-corrected chi connectivity index (χ4v) is 4.01. The van der Waals surface area contributed by atoms with E-state index in [9.17, 15) is 5.11 Å². The average Bonchev–Trinajstić information content (AvgIpc) is 2.98. The molecule has 4 heteroatoms. The molecule has 4 nitrogen and oxygen atoms in total. The number of β-amino-alcohol motifs (C(OH)–C–C–N with tert-alkyl or cyclic N) is 1. The third-order valence-electron chi connectivity index (χ3n) is 5.56. The Morgan fingerprint density at radius 1 is 0.793 bits per heavy atom. The Morgan fingerprint density at radius 3 is 2.38 bits per heavy atom. The van der Waals surface area contributed by atoms with Gasteiger partial charge >= 0.3 is 0 Å². The number of fused-ring (bicyclic) bond motifs is 1. The molecule has 1 saturated heterocycles. The summed E-state index contributed by atoms with van der Waals surface area (Å²) in [6.45, 7) is 6.14. The number of nitrogens with zero attached hydrogens (tertiary/aromatic N) is 2. The minimum atomic E-state index is -0.484. The summed E-state index contributed by atoms with van der Waals surface area (Å²) in [6.07, 6.45) is 0.646. The Morgan fingerprint density at radius 2 is 1.52 bits per heavy atom. The lowest BCUT2D eigenvalue weighted by molar-refractivity contribution is 0.0693. The molecule has 1 heterocycles. The van der Waals surface area contributed by atoms with Gasteiger partial charge in [-0.3, -0.25) is 9.80 Å². The topological polar surface area (TPSA) is 35.9 Å². The van der Waals surface area contributed by atoms with Crippen molar-refractivity contribution in [3.63, 3.8) is 0 Å². The highest BCUT2D eigenvalue weighted by atomic mass is 16.5. The monoisotopic (exact) mass is 390 g/mol. The molecular formula is C25H30N2O2. The van der Waals surface area contributed by atoms with Gasteiger partial charge in [0, 0.05) is 26.2 Å². The third kappa shape index (κ3) is 5.80. The van der Waals surface area contributed by atoms with Crippen molar-refractivity contribution in [3.05, 3.63) is 78.4 Å². The number of aliphatic hydroxyl groups excluding tert-OH is 1. The van der Waals surface area contributed by atoms with Gasteiger partial charge in [0.05, 0.1) is 0 Å². The molecule has 0 aromatic heterocycles. The molecule has 152 valence electrons. The van der Waals surface area contributed by atoms with Crippen LogP contribution >= 0.6 is 0 Å². The summed E-state index contributed by atoms with van der Waals surface area (Å²) in [5.74, 6) is 0.813. The fraction of sp³-hybridized carbons (Fsp3) is 0.360. The van der Waals surface area contributed by atoms with Crippen LogP contribution in [0.3, 0.4) is 0 Å². The van der Waals surface area contributed by atoms with Crippen LogP contribution in [0.2, 0.25) is 0 Å². The molecule has 3 aromatic rings. The summed E-state index contributed by atoms with van der Waals surface area (Å²) in [7, 11) is 0. The van der Waals surface area contributed by atoms with Crippen molar-refractivity contribution in [2.24, 2.45) is 0 Å². The van der Waals surface area contributed by atoms with E-state index in [4.69, 9.17) is 4.74 Å². The highest BCUT2D eigenvalue weighted by Gasteiger charge is 2.18. The second kappa shape index (κ2) is 9.88. The van der Waals surface area contributed by atoms with Crippen LogP contribution in [0, 0.1) is 0 Å². The van der Waals surface area contributed by atoms with Gasteiger partial charge in [0.1, 0.15) is 18.5 Å². The van der Waals surface area contributed by atoms with Crippen LogP contribution in [0.15, 0.2) is 72.8 Å². The minimum absolute atomic E-state index is 0.322. The van der Waals surface area contributed by atoms with Crippen LogP contribution in [0.1, 0.15) is 12.0 Å². The molecule has 1 aliphatic heterocycles. The van der Waals surface area contributed by atoms with Gasteiger partial charge in [-0.1, -0.05) is 60.7 Å². The number of aliphatic hydroxyl groups is 1. The van der Waals surface area contributed by atoms with Crippen molar-refractivity contribution in [1.82, 2.24) is 9.80 Å².